The Morgan fingerprint density at radius 1 is 0.829 bits per heavy atom. The van der Waals surface area contributed by atoms with Gasteiger partial charge in [0.1, 0.15) is 0 Å². The normalized spacial score (nSPS) is 11.9. The Labute approximate surface area is 198 Å². The summed E-state index contributed by atoms with van der Waals surface area (Å²) in [6.07, 6.45) is 2.97. The average molecular weight is 474 g/mol. The maximum Gasteiger partial charge on any atom is 0.335 e. The number of benzene rings is 2. The number of carboxylic acid groups (broad SMARTS) is 2. The first kappa shape index (κ1) is 24.5. The van der Waals surface area contributed by atoms with Crippen LogP contribution in [0.25, 0.3) is 0 Å². The molecule has 0 spiro atoms. The predicted molar refractivity (Wildman–Crippen MR) is 123 cm³/mol. The molecule has 1 heterocycles. The summed E-state index contributed by atoms with van der Waals surface area (Å²) in [6.45, 7) is 1.23. The Kier molecular flexibility index (Phi) is 7.80. The van der Waals surface area contributed by atoms with Gasteiger partial charge in [-0.1, -0.05) is 0 Å². The lowest BCUT2D eigenvalue weighted by molar-refractivity contribution is -0.126. The number of anilines is 1. The van der Waals surface area contributed by atoms with Crippen LogP contribution in [0.1, 0.15) is 27.6 Å². The lowest BCUT2D eigenvalue weighted by atomic mass is 10.1. The first-order valence-corrected chi connectivity index (χ1v) is 9.98. The summed E-state index contributed by atoms with van der Waals surface area (Å²) in [5.41, 5.74) is 0.696. The Balaban J connectivity index is 1.72. The molecule has 3 aromatic rings. The van der Waals surface area contributed by atoms with Crippen molar-refractivity contribution in [2.45, 2.75) is 13.0 Å². The number of nitrogens with one attached hydrogen (secondary N) is 1. The minimum Gasteiger partial charge on any atom is -0.478 e. The molecule has 1 unspecified atom stereocenters. The van der Waals surface area contributed by atoms with Crippen molar-refractivity contribution in [1.82, 2.24) is 4.98 Å². The van der Waals surface area contributed by atoms with Gasteiger partial charge < -0.3 is 15.5 Å². The highest BCUT2D eigenvalue weighted by Crippen LogP contribution is 2.24. The number of aromatic carboxylic acids is 2. The number of pyridine rings is 1. The molecule has 0 radical (unpaired) electrons. The van der Waals surface area contributed by atoms with Crippen molar-refractivity contribution in [3.05, 3.63) is 78.1 Å². The van der Waals surface area contributed by atoms with Crippen molar-refractivity contribution in [2.24, 2.45) is 20.5 Å². The van der Waals surface area contributed by atoms with Crippen molar-refractivity contribution in [3.8, 4) is 0 Å². The van der Waals surface area contributed by atoms with Crippen molar-refractivity contribution in [3.63, 3.8) is 0 Å². The second-order valence-corrected chi connectivity index (χ2v) is 7.05. The Bertz CT molecular complexity index is 1290. The summed E-state index contributed by atoms with van der Waals surface area (Å²) >= 11 is 0. The highest BCUT2D eigenvalue weighted by molar-refractivity contribution is 6.10. The van der Waals surface area contributed by atoms with Gasteiger partial charge in [0.25, 0.3) is 5.91 Å². The Morgan fingerprint density at radius 2 is 1.40 bits per heavy atom. The molecule has 0 fully saturated rings. The predicted octanol–water partition coefficient (Wildman–Crippen LogP) is 4.57. The molecular weight excluding hydrogens is 456 g/mol. The lowest BCUT2D eigenvalue weighted by Gasteiger charge is -2.08. The third-order valence-electron chi connectivity index (χ3n) is 4.39. The molecule has 1 atom stereocenters. The largest absolute Gasteiger partial charge is 0.478 e. The van der Waals surface area contributed by atoms with E-state index in [-0.39, 0.29) is 16.8 Å². The van der Waals surface area contributed by atoms with Gasteiger partial charge >= 0.3 is 11.9 Å². The molecule has 176 valence electrons. The van der Waals surface area contributed by atoms with Crippen LogP contribution in [0.4, 0.5) is 22.7 Å². The summed E-state index contributed by atoms with van der Waals surface area (Å²) in [5.74, 6) is -3.73. The molecule has 3 rings (SSSR count). The van der Waals surface area contributed by atoms with Crippen LogP contribution < -0.4 is 5.32 Å². The minimum absolute atomic E-state index is 0.0509. The fraction of sp³-hybridized carbons (Fsp3) is 0.0870. The number of carboxylic acids is 2. The first-order valence-electron chi connectivity index (χ1n) is 9.98. The number of amides is 1. The zero-order valence-corrected chi connectivity index (χ0v) is 18.2. The van der Waals surface area contributed by atoms with Gasteiger partial charge in [-0.05, 0) is 61.5 Å². The number of carbonyl (C=O) groups excluding carboxylic acids is 2. The van der Waals surface area contributed by atoms with E-state index in [0.29, 0.717) is 17.1 Å². The molecule has 0 saturated heterocycles. The van der Waals surface area contributed by atoms with E-state index in [9.17, 15) is 19.2 Å². The molecule has 0 bridgehead atoms. The SMILES string of the molecule is CC(=O)C(N=Nc1ccc(N=Nc2cc(C(=O)O)cc(C(=O)O)c2)cc1)C(=O)Nc1cccnc1. The summed E-state index contributed by atoms with van der Waals surface area (Å²) in [6, 6.07) is 11.4. The second-order valence-electron chi connectivity index (χ2n) is 7.05. The van der Waals surface area contributed by atoms with Crippen LogP contribution in [-0.4, -0.2) is 44.9 Å². The molecule has 3 N–H and O–H groups in total. The van der Waals surface area contributed by atoms with E-state index >= 15 is 0 Å². The van der Waals surface area contributed by atoms with Gasteiger partial charge in [0, 0.05) is 6.20 Å². The number of azo groups is 2. The first-order chi connectivity index (χ1) is 16.7. The van der Waals surface area contributed by atoms with Gasteiger partial charge in [-0.15, -0.1) is 0 Å². The number of ketones is 1. The monoisotopic (exact) mass is 474 g/mol. The van der Waals surface area contributed by atoms with Crippen LogP contribution in [0.15, 0.2) is 87.4 Å². The molecule has 12 nitrogen and oxygen atoms in total. The van der Waals surface area contributed by atoms with E-state index < -0.39 is 29.7 Å². The van der Waals surface area contributed by atoms with E-state index in [1.807, 2.05) is 0 Å². The van der Waals surface area contributed by atoms with Gasteiger partial charge in [-0.25, -0.2) is 9.59 Å². The van der Waals surface area contributed by atoms with E-state index in [1.54, 1.807) is 18.3 Å². The highest BCUT2D eigenvalue weighted by atomic mass is 16.4. The van der Waals surface area contributed by atoms with Crippen LogP contribution >= 0.6 is 0 Å². The van der Waals surface area contributed by atoms with E-state index in [0.717, 1.165) is 6.07 Å². The molecule has 35 heavy (non-hydrogen) atoms. The molecule has 0 aliphatic carbocycles. The van der Waals surface area contributed by atoms with Crippen LogP contribution in [0.5, 0.6) is 0 Å². The van der Waals surface area contributed by atoms with Gasteiger partial charge in [-0.3, -0.25) is 14.6 Å². The number of rotatable bonds is 9. The molecule has 1 amide bonds. The molecule has 0 saturated carbocycles. The van der Waals surface area contributed by atoms with Crippen LogP contribution in [-0.2, 0) is 9.59 Å². The standard InChI is InChI=1S/C23H18N6O6/c1-13(30)20(21(31)25-18-3-2-8-24-12-18)29-27-17-6-4-16(5-7-17)26-28-19-10-14(22(32)33)9-15(11-19)23(34)35/h2-12,20H,1H3,(H,25,31)(H,32,33)(H,34,35). The number of hydrogen-bond acceptors (Lipinski definition) is 9. The third kappa shape index (κ3) is 6.92. The summed E-state index contributed by atoms with van der Waals surface area (Å²) < 4.78 is 0. The number of carbonyl (C=O) groups is 4. The lowest BCUT2D eigenvalue weighted by Crippen LogP contribution is -2.31. The van der Waals surface area contributed by atoms with E-state index in [2.05, 4.69) is 30.8 Å². The quantitative estimate of drug-likeness (QED) is 0.299. The number of nitrogens with zero attached hydrogens (tertiary/aromatic N) is 5. The maximum absolute atomic E-state index is 12.4. The topological polar surface area (TPSA) is 183 Å². The smallest absolute Gasteiger partial charge is 0.335 e. The molecule has 2 aromatic carbocycles. The van der Waals surface area contributed by atoms with Gasteiger partial charge in [-0.2, -0.15) is 20.5 Å². The van der Waals surface area contributed by atoms with Gasteiger partial charge in [0.15, 0.2) is 5.78 Å². The highest BCUT2D eigenvalue weighted by Gasteiger charge is 2.23. The summed E-state index contributed by atoms with van der Waals surface area (Å²) in [5, 5.41) is 36.4. The number of Topliss-reactive ketones (excluding diaryl/α,β-unsaturated/α-hetero) is 1. The van der Waals surface area contributed by atoms with Crippen molar-refractivity contribution >= 4 is 46.4 Å². The van der Waals surface area contributed by atoms with Crippen LogP contribution in [0, 0.1) is 0 Å². The zero-order valence-electron chi connectivity index (χ0n) is 18.2. The average Bonchev–Trinajstić information content (AvgIpc) is 2.83. The third-order valence-corrected chi connectivity index (χ3v) is 4.39. The number of hydrogen-bond donors (Lipinski definition) is 3. The molecular formula is C23H18N6O6. The molecule has 12 heteroatoms. The Hall–Kier alpha value is -5.13. The van der Waals surface area contributed by atoms with Crippen molar-refractivity contribution < 1.29 is 29.4 Å². The van der Waals surface area contributed by atoms with Crippen molar-refractivity contribution in [1.29, 1.82) is 0 Å². The Morgan fingerprint density at radius 3 is 1.91 bits per heavy atom. The van der Waals surface area contributed by atoms with Crippen LogP contribution in [0.2, 0.25) is 0 Å². The van der Waals surface area contributed by atoms with Gasteiger partial charge in [0.05, 0.1) is 40.1 Å². The fourth-order valence-electron chi connectivity index (χ4n) is 2.71. The van der Waals surface area contributed by atoms with E-state index in [4.69, 9.17) is 10.2 Å². The molecule has 0 aliphatic rings. The van der Waals surface area contributed by atoms with E-state index in [1.165, 1.54) is 49.5 Å². The minimum atomic E-state index is -1.35. The molecule has 1 aromatic heterocycles. The fourth-order valence-corrected chi connectivity index (χ4v) is 2.71. The number of aromatic nitrogens is 1. The maximum atomic E-state index is 12.4. The summed E-state index contributed by atoms with van der Waals surface area (Å²) in [4.78, 5) is 50.5. The summed E-state index contributed by atoms with van der Waals surface area (Å²) in [7, 11) is 0. The zero-order chi connectivity index (χ0) is 25.4. The molecule has 0 aliphatic heterocycles. The van der Waals surface area contributed by atoms with Crippen LogP contribution in [0.3, 0.4) is 0 Å². The van der Waals surface area contributed by atoms with Crippen molar-refractivity contribution in [2.75, 3.05) is 5.32 Å². The second kappa shape index (κ2) is 11.1. The van der Waals surface area contributed by atoms with Gasteiger partial charge in [0.2, 0.25) is 6.04 Å².